The number of benzene rings is 2. The van der Waals surface area contributed by atoms with Crippen LogP contribution in [0.25, 0.3) is 10.2 Å². The van der Waals surface area contributed by atoms with Gasteiger partial charge in [-0.05, 0) is 49.2 Å². The number of urea groups is 1. The molecule has 4 amide bonds. The molecule has 0 radical (unpaired) electrons. The SMILES string of the molecule is Cc1ccc2nc(NC(=O)CN3C(=O)NC(C)(c4ccc(F)cc4)C3=O)sc2c1. The van der Waals surface area contributed by atoms with Gasteiger partial charge < -0.3 is 10.6 Å². The molecular weight excluding hydrogens is 395 g/mol. The third-order valence-electron chi connectivity index (χ3n) is 4.79. The molecule has 29 heavy (non-hydrogen) atoms. The van der Waals surface area contributed by atoms with Crippen molar-refractivity contribution in [1.82, 2.24) is 15.2 Å². The molecule has 4 rings (SSSR count). The zero-order valence-electron chi connectivity index (χ0n) is 15.7. The van der Waals surface area contributed by atoms with Crippen molar-refractivity contribution in [2.75, 3.05) is 11.9 Å². The molecular formula is C20H17FN4O3S. The smallest absolute Gasteiger partial charge is 0.319 e. The fraction of sp³-hybridized carbons (Fsp3) is 0.200. The quantitative estimate of drug-likeness (QED) is 0.644. The number of fused-ring (bicyclic) bond motifs is 1. The number of nitrogens with zero attached hydrogens (tertiary/aromatic N) is 2. The van der Waals surface area contributed by atoms with Crippen molar-refractivity contribution in [3.05, 3.63) is 59.4 Å². The predicted octanol–water partition coefficient (Wildman–Crippen LogP) is 3.15. The molecule has 0 spiro atoms. The van der Waals surface area contributed by atoms with Gasteiger partial charge in [-0.2, -0.15) is 0 Å². The van der Waals surface area contributed by atoms with Crippen LogP contribution in [-0.4, -0.2) is 34.3 Å². The molecule has 0 bridgehead atoms. The maximum absolute atomic E-state index is 13.2. The highest BCUT2D eigenvalue weighted by Gasteiger charge is 2.49. The lowest BCUT2D eigenvalue weighted by molar-refractivity contribution is -0.133. The first kappa shape index (κ1) is 19.0. The summed E-state index contributed by atoms with van der Waals surface area (Å²) in [4.78, 5) is 42.8. The van der Waals surface area contributed by atoms with E-state index in [1.807, 2.05) is 25.1 Å². The summed E-state index contributed by atoms with van der Waals surface area (Å²) in [5.41, 5.74) is 0.910. The number of amides is 4. The highest BCUT2D eigenvalue weighted by Crippen LogP contribution is 2.29. The molecule has 9 heteroatoms. The van der Waals surface area contributed by atoms with E-state index in [4.69, 9.17) is 0 Å². The summed E-state index contributed by atoms with van der Waals surface area (Å²) in [5, 5.41) is 5.62. The largest absolute Gasteiger partial charge is 0.325 e. The Morgan fingerprint density at radius 3 is 2.69 bits per heavy atom. The minimum absolute atomic E-state index is 0.393. The van der Waals surface area contributed by atoms with E-state index >= 15 is 0 Å². The highest BCUT2D eigenvalue weighted by molar-refractivity contribution is 7.22. The number of anilines is 1. The van der Waals surface area contributed by atoms with Crippen LogP contribution in [0, 0.1) is 12.7 Å². The van der Waals surface area contributed by atoms with E-state index in [-0.39, 0.29) is 0 Å². The van der Waals surface area contributed by atoms with Crippen LogP contribution >= 0.6 is 11.3 Å². The number of thiazole rings is 1. The molecule has 1 atom stereocenters. The summed E-state index contributed by atoms with van der Waals surface area (Å²) >= 11 is 1.31. The van der Waals surface area contributed by atoms with Gasteiger partial charge in [-0.25, -0.2) is 14.2 Å². The standard InChI is InChI=1S/C20H17FN4O3S/c1-11-3-8-14-15(9-11)29-18(22-14)23-16(26)10-25-17(27)20(2,24-19(25)28)12-4-6-13(21)7-5-12/h3-9H,10H2,1-2H3,(H,24,28)(H,22,23,26). The molecule has 3 aromatic rings. The second-order valence-corrected chi connectivity index (χ2v) is 8.02. The van der Waals surface area contributed by atoms with Gasteiger partial charge in [0.15, 0.2) is 5.13 Å². The van der Waals surface area contributed by atoms with Gasteiger partial charge in [-0.1, -0.05) is 29.5 Å². The Bertz CT molecular complexity index is 1140. The van der Waals surface area contributed by atoms with Gasteiger partial charge in [0.05, 0.1) is 10.2 Å². The van der Waals surface area contributed by atoms with E-state index in [2.05, 4.69) is 15.6 Å². The lowest BCUT2D eigenvalue weighted by Crippen LogP contribution is -2.42. The normalized spacial score (nSPS) is 18.9. The number of carbonyl (C=O) groups is 3. The average Bonchev–Trinajstić information content (AvgIpc) is 3.15. The summed E-state index contributed by atoms with van der Waals surface area (Å²) in [6.07, 6.45) is 0. The molecule has 148 valence electrons. The molecule has 0 saturated carbocycles. The maximum Gasteiger partial charge on any atom is 0.325 e. The molecule has 1 fully saturated rings. The number of carbonyl (C=O) groups excluding carboxylic acids is 3. The number of rotatable bonds is 4. The van der Waals surface area contributed by atoms with Crippen molar-refractivity contribution >= 4 is 44.5 Å². The highest BCUT2D eigenvalue weighted by atomic mass is 32.1. The minimum Gasteiger partial charge on any atom is -0.319 e. The van der Waals surface area contributed by atoms with E-state index in [1.165, 1.54) is 42.5 Å². The molecule has 2 heterocycles. The Hall–Kier alpha value is -3.33. The Labute approximate surface area is 169 Å². The van der Waals surface area contributed by atoms with E-state index in [1.54, 1.807) is 0 Å². The van der Waals surface area contributed by atoms with Gasteiger partial charge in [0, 0.05) is 0 Å². The molecule has 1 unspecified atom stereocenters. The fourth-order valence-corrected chi connectivity index (χ4v) is 4.19. The van der Waals surface area contributed by atoms with Crippen LogP contribution in [0.2, 0.25) is 0 Å². The number of nitrogens with one attached hydrogen (secondary N) is 2. The van der Waals surface area contributed by atoms with E-state index in [9.17, 15) is 18.8 Å². The van der Waals surface area contributed by atoms with Crippen LogP contribution in [0.1, 0.15) is 18.1 Å². The van der Waals surface area contributed by atoms with Crippen LogP contribution in [0.3, 0.4) is 0 Å². The zero-order chi connectivity index (χ0) is 20.8. The fourth-order valence-electron chi connectivity index (χ4n) is 3.21. The summed E-state index contributed by atoms with van der Waals surface area (Å²) in [6, 6.07) is 10.4. The summed E-state index contributed by atoms with van der Waals surface area (Å²) in [6.45, 7) is 3.04. The van der Waals surface area contributed by atoms with Gasteiger partial charge in [-0.15, -0.1) is 0 Å². The Kier molecular flexibility index (Phi) is 4.54. The number of aryl methyl sites for hydroxylation is 1. The van der Waals surface area contributed by atoms with Crippen molar-refractivity contribution in [2.45, 2.75) is 19.4 Å². The van der Waals surface area contributed by atoms with Crippen LogP contribution < -0.4 is 10.6 Å². The molecule has 1 aromatic heterocycles. The first-order valence-electron chi connectivity index (χ1n) is 8.83. The topological polar surface area (TPSA) is 91.4 Å². The monoisotopic (exact) mass is 412 g/mol. The number of imide groups is 1. The Balaban J connectivity index is 1.49. The first-order valence-corrected chi connectivity index (χ1v) is 9.65. The lowest BCUT2D eigenvalue weighted by Gasteiger charge is -2.22. The average molecular weight is 412 g/mol. The van der Waals surface area contributed by atoms with Gasteiger partial charge in [0.1, 0.15) is 17.9 Å². The second-order valence-electron chi connectivity index (χ2n) is 6.99. The third-order valence-corrected chi connectivity index (χ3v) is 5.72. The van der Waals surface area contributed by atoms with Crippen LogP contribution in [-0.2, 0) is 15.1 Å². The van der Waals surface area contributed by atoms with Gasteiger partial charge >= 0.3 is 6.03 Å². The summed E-state index contributed by atoms with van der Waals surface area (Å²) < 4.78 is 14.1. The Morgan fingerprint density at radius 2 is 1.97 bits per heavy atom. The molecule has 2 N–H and O–H groups in total. The van der Waals surface area contributed by atoms with Gasteiger partial charge in [-0.3, -0.25) is 14.5 Å². The number of aromatic nitrogens is 1. The number of hydrogen-bond acceptors (Lipinski definition) is 5. The van der Waals surface area contributed by atoms with Crippen molar-refractivity contribution in [2.24, 2.45) is 0 Å². The van der Waals surface area contributed by atoms with E-state index in [0.29, 0.717) is 10.7 Å². The Morgan fingerprint density at radius 1 is 1.24 bits per heavy atom. The molecule has 1 aliphatic heterocycles. The van der Waals surface area contributed by atoms with Crippen molar-refractivity contribution < 1.29 is 18.8 Å². The number of hydrogen-bond donors (Lipinski definition) is 2. The van der Waals surface area contributed by atoms with E-state index < -0.39 is 35.7 Å². The first-order chi connectivity index (χ1) is 13.8. The van der Waals surface area contributed by atoms with E-state index in [0.717, 1.165) is 20.7 Å². The lowest BCUT2D eigenvalue weighted by atomic mass is 9.92. The van der Waals surface area contributed by atoms with Crippen LogP contribution in [0.15, 0.2) is 42.5 Å². The van der Waals surface area contributed by atoms with Crippen molar-refractivity contribution in [1.29, 1.82) is 0 Å². The second kappa shape index (κ2) is 6.93. The number of halogens is 1. The van der Waals surface area contributed by atoms with Crippen molar-refractivity contribution in [3.63, 3.8) is 0 Å². The van der Waals surface area contributed by atoms with Crippen LogP contribution in [0.4, 0.5) is 14.3 Å². The molecule has 7 nitrogen and oxygen atoms in total. The maximum atomic E-state index is 13.2. The predicted molar refractivity (Wildman–Crippen MR) is 107 cm³/mol. The molecule has 1 aliphatic rings. The molecule has 1 saturated heterocycles. The molecule has 2 aromatic carbocycles. The zero-order valence-corrected chi connectivity index (χ0v) is 16.5. The summed E-state index contributed by atoms with van der Waals surface area (Å²) in [7, 11) is 0. The molecule has 0 aliphatic carbocycles. The third kappa shape index (κ3) is 3.44. The van der Waals surface area contributed by atoms with Gasteiger partial charge in [0.2, 0.25) is 5.91 Å². The minimum atomic E-state index is -1.36. The van der Waals surface area contributed by atoms with Gasteiger partial charge in [0.25, 0.3) is 5.91 Å². The summed E-state index contributed by atoms with van der Waals surface area (Å²) in [5.74, 6) is -1.56. The van der Waals surface area contributed by atoms with Crippen molar-refractivity contribution in [3.8, 4) is 0 Å². The van der Waals surface area contributed by atoms with Crippen LogP contribution in [0.5, 0.6) is 0 Å².